The molecule has 1 aromatic heterocycles. The van der Waals surface area contributed by atoms with Crippen molar-refractivity contribution in [2.45, 2.75) is 183 Å². The summed E-state index contributed by atoms with van der Waals surface area (Å²) in [6.07, 6.45) is 0. The Balaban J connectivity index is 1.16. The molecule has 0 radical (unpaired) electrons. The van der Waals surface area contributed by atoms with Crippen molar-refractivity contribution in [3.8, 4) is 22.3 Å². The van der Waals surface area contributed by atoms with Gasteiger partial charge >= 0.3 is 606 Å². The van der Waals surface area contributed by atoms with Crippen molar-refractivity contribution in [1.82, 2.24) is 0 Å². The van der Waals surface area contributed by atoms with E-state index in [4.69, 9.17) is 0 Å². The minimum atomic E-state index is -4.44. The van der Waals surface area contributed by atoms with Crippen LogP contribution < -0.4 is 48.0 Å². The number of rotatable bonds is 11. The molecular weight excluding hydrogens is 1380 g/mol. The molecule has 2 aliphatic rings. The molecule has 0 saturated carbocycles. The van der Waals surface area contributed by atoms with Crippen LogP contribution in [0.4, 0.5) is 51.2 Å². The average Bonchev–Trinajstić information content (AvgIpc) is 1.12. The predicted molar refractivity (Wildman–Crippen MR) is 476 cm³/mol. The van der Waals surface area contributed by atoms with E-state index in [1.165, 1.54) is 111 Å². The van der Waals surface area contributed by atoms with Crippen molar-refractivity contribution in [3.63, 3.8) is 0 Å². The predicted octanol–water partition coefficient (Wildman–Crippen LogP) is 24.2. The summed E-state index contributed by atoms with van der Waals surface area (Å²) in [5.74, 6) is 0. The van der Waals surface area contributed by atoms with E-state index in [1.807, 2.05) is 11.3 Å². The molecule has 108 heavy (non-hydrogen) atoms. The SMILES string of the molecule is CC(C)(C)c1ccc(N(c2ccc(C(C)(C)C)cc2)c2cc3c(cc2-c2ccccc2)B2c4sc5ccc(-c6ccccc6)cc5c4N(c4ccc(C(C)(C)C)cc4)c4c[c]([Ge]([c]5ccc(C(C)(C)C)cc5)([c]5ccc(C(C)(C)C)cc5)[c]5ccc(C(C)(C)C)cc5)cc(c42)N3c2ccc(C(C)(C)C)cc2)cc1. The number of benzene rings is 12. The van der Waals surface area contributed by atoms with Crippen LogP contribution in [0.2, 0.25) is 0 Å². The minimum absolute atomic E-state index is 0.0457. The van der Waals surface area contributed by atoms with Crippen molar-refractivity contribution >= 4 is 126 Å². The first-order chi connectivity index (χ1) is 51.0. The van der Waals surface area contributed by atoms with E-state index >= 15 is 0 Å². The van der Waals surface area contributed by atoms with E-state index in [0.717, 1.165) is 45.3 Å². The van der Waals surface area contributed by atoms with E-state index < -0.39 is 13.3 Å². The third kappa shape index (κ3) is 13.5. The molecule has 13 aromatic rings. The second kappa shape index (κ2) is 27.0. The molecule has 6 heteroatoms. The van der Waals surface area contributed by atoms with Gasteiger partial charge in [0.2, 0.25) is 0 Å². The van der Waals surface area contributed by atoms with Crippen molar-refractivity contribution in [2.75, 3.05) is 14.7 Å². The van der Waals surface area contributed by atoms with Gasteiger partial charge in [0, 0.05) is 0 Å². The zero-order valence-electron chi connectivity index (χ0n) is 67.8. The summed E-state index contributed by atoms with van der Waals surface area (Å²) in [6, 6.07) is 109. The number of thiophene rings is 1. The second-order valence-corrected chi connectivity index (χ2v) is 47.0. The molecule has 0 atom stereocenters. The van der Waals surface area contributed by atoms with Gasteiger partial charge in [-0.05, 0) is 10.8 Å². The van der Waals surface area contributed by atoms with Gasteiger partial charge < -0.3 is 0 Å². The van der Waals surface area contributed by atoms with Crippen LogP contribution in [0.5, 0.6) is 0 Å². The number of hydrogen-bond acceptors (Lipinski definition) is 4. The zero-order valence-corrected chi connectivity index (χ0v) is 70.7. The Morgan fingerprint density at radius 1 is 0.306 bits per heavy atom. The first kappa shape index (κ1) is 74.1. The molecule has 2 aliphatic heterocycles. The molecule has 3 nitrogen and oxygen atoms in total. The fourth-order valence-corrected chi connectivity index (χ4v) is 27.8. The summed E-state index contributed by atoms with van der Waals surface area (Å²) < 4.78 is 8.13. The summed E-state index contributed by atoms with van der Waals surface area (Å²) in [5.41, 5.74) is 26.4. The van der Waals surface area contributed by atoms with Crippen molar-refractivity contribution in [2.24, 2.45) is 0 Å². The molecule has 0 bridgehead atoms. The van der Waals surface area contributed by atoms with Gasteiger partial charge in [-0.3, -0.25) is 0 Å². The molecule has 15 rings (SSSR count). The molecule has 0 fully saturated rings. The van der Waals surface area contributed by atoms with Crippen LogP contribution in [-0.2, 0) is 37.9 Å². The molecule has 544 valence electrons. The maximum atomic E-state index is 2.74. The van der Waals surface area contributed by atoms with Gasteiger partial charge in [0.25, 0.3) is 0 Å². The van der Waals surface area contributed by atoms with E-state index in [0.29, 0.717) is 0 Å². The van der Waals surface area contributed by atoms with Gasteiger partial charge in [-0.15, -0.1) is 0 Å². The molecule has 0 saturated heterocycles. The molecular formula is C102H108BGeN3S. The molecule has 0 aliphatic carbocycles. The van der Waals surface area contributed by atoms with E-state index in [9.17, 15) is 0 Å². The Morgan fingerprint density at radius 2 is 0.657 bits per heavy atom. The van der Waals surface area contributed by atoms with Crippen LogP contribution in [0.3, 0.4) is 0 Å². The normalized spacial score (nSPS) is 13.5. The summed E-state index contributed by atoms with van der Waals surface area (Å²) in [4.78, 5) is 8.01. The topological polar surface area (TPSA) is 9.72 Å². The number of fused-ring (bicyclic) bond motifs is 6. The molecule has 12 aromatic carbocycles. The molecule has 3 heterocycles. The Bertz CT molecular complexity index is 5280. The van der Waals surface area contributed by atoms with E-state index in [-0.39, 0.29) is 44.6 Å². The van der Waals surface area contributed by atoms with Gasteiger partial charge in [0.15, 0.2) is 0 Å². The first-order valence-electron chi connectivity index (χ1n) is 39.2. The summed E-state index contributed by atoms with van der Waals surface area (Å²) in [7, 11) is 0. The Kier molecular flexibility index (Phi) is 18.5. The number of anilines is 9. The maximum absolute atomic E-state index is 4.44. The third-order valence-corrected chi connectivity index (χ3v) is 34.4. The zero-order chi connectivity index (χ0) is 76.6. The summed E-state index contributed by atoms with van der Waals surface area (Å²) in [6.45, 7) is 48.9. The number of hydrogen-bond donors (Lipinski definition) is 0. The number of nitrogens with zero attached hydrogens (tertiary/aromatic N) is 3. The molecule has 0 amide bonds. The van der Waals surface area contributed by atoms with E-state index in [1.54, 1.807) is 0 Å². The summed E-state index contributed by atoms with van der Waals surface area (Å²) >= 11 is -2.46. The average molecular weight is 1490 g/mol. The third-order valence-electron chi connectivity index (χ3n) is 23.2. The van der Waals surface area contributed by atoms with Crippen LogP contribution in [0.15, 0.2) is 273 Å². The fraction of sp³-hybridized carbons (Fsp3) is 0.275. The Morgan fingerprint density at radius 3 is 1.05 bits per heavy atom. The Hall–Kier alpha value is -9.39. The van der Waals surface area contributed by atoms with Crippen molar-refractivity contribution < 1.29 is 0 Å². The Labute approximate surface area is 653 Å². The van der Waals surface area contributed by atoms with Gasteiger partial charge in [0.1, 0.15) is 0 Å². The standard InChI is InChI=1S/C102H108BGeN3S/c1-96(2,3)70-33-47-77(48-34-70)104(78-49-35-71(36-50-78)97(4,5)6,79-51-37-72(38-52-79)98(7,8)9)80-63-90-93-91(64-80)107(84-59-45-76(46-60-84)102(19,20)21)94-86-62-69(67-28-24-22-25-29-67)32-61-92(86)108-95(94)103(93)87-65-85(68-30-26-23-27-31-68)88(66-89(87)106(90)83-57-43-75(44-58-83)101(16,17)18)105(81-53-39-73(40-54-81)99(10,11)12)82-55-41-74(42-56-82)100(13,14)15/h22-66H,1-21H3. The van der Waals surface area contributed by atoms with Crippen LogP contribution in [-0.4, -0.2) is 20.0 Å². The molecule has 0 unspecified atom stereocenters. The van der Waals surface area contributed by atoms with Crippen molar-refractivity contribution in [3.05, 3.63) is 312 Å². The van der Waals surface area contributed by atoms with Crippen LogP contribution in [0.1, 0.15) is 184 Å². The van der Waals surface area contributed by atoms with Crippen LogP contribution in [0.25, 0.3) is 32.3 Å². The van der Waals surface area contributed by atoms with Crippen LogP contribution >= 0.6 is 11.3 Å². The second-order valence-electron chi connectivity index (χ2n) is 38.0. The first-order valence-corrected chi connectivity index (χ1v) is 44.2. The fourth-order valence-electron chi connectivity index (χ4n) is 16.7. The van der Waals surface area contributed by atoms with Crippen LogP contribution in [0, 0.1) is 0 Å². The summed E-state index contributed by atoms with van der Waals surface area (Å²) in [5, 5.41) is 1.25. The molecule has 0 N–H and O–H groups in total. The van der Waals surface area contributed by atoms with Gasteiger partial charge in [-0.25, -0.2) is 0 Å². The quantitative estimate of drug-likeness (QED) is 0.120. The van der Waals surface area contributed by atoms with E-state index in [2.05, 4.69) is 433 Å². The van der Waals surface area contributed by atoms with Gasteiger partial charge in [0.05, 0.1) is 0 Å². The van der Waals surface area contributed by atoms with Crippen molar-refractivity contribution in [1.29, 1.82) is 0 Å². The van der Waals surface area contributed by atoms with Gasteiger partial charge in [-0.1, -0.05) is 41.5 Å². The molecule has 0 spiro atoms. The monoisotopic (exact) mass is 1490 g/mol. The van der Waals surface area contributed by atoms with Gasteiger partial charge in [-0.2, -0.15) is 0 Å².